The van der Waals surface area contributed by atoms with Crippen LogP contribution in [0.25, 0.3) is 94.7 Å². The monoisotopic (exact) mass is 641 g/mol. The van der Waals surface area contributed by atoms with Crippen molar-refractivity contribution in [2.75, 3.05) is 0 Å². The molecule has 50 heavy (non-hydrogen) atoms. The summed E-state index contributed by atoms with van der Waals surface area (Å²) in [6, 6.07) is 52.3. The minimum absolute atomic E-state index is 0.553. The number of nitrogens with zero attached hydrogens (tertiary/aromatic N) is 5. The van der Waals surface area contributed by atoms with E-state index in [1.54, 1.807) is 6.20 Å². The molecule has 0 fully saturated rings. The van der Waals surface area contributed by atoms with Gasteiger partial charge in [-0.15, -0.1) is 0 Å². The molecule has 6 heteroatoms. The lowest BCUT2D eigenvalue weighted by molar-refractivity contribution is 0.668. The summed E-state index contributed by atoms with van der Waals surface area (Å²) in [5.41, 5.74) is 10.0. The number of hydrogen-bond acceptors (Lipinski definition) is 5. The first-order chi connectivity index (χ1) is 24.8. The molecule has 0 aliphatic heterocycles. The zero-order valence-electron chi connectivity index (χ0n) is 26.7. The van der Waals surface area contributed by atoms with E-state index in [2.05, 4.69) is 137 Å². The van der Waals surface area contributed by atoms with E-state index >= 15 is 0 Å². The Balaban J connectivity index is 1.11. The Morgan fingerprint density at radius 2 is 0.940 bits per heavy atom. The highest BCUT2D eigenvalue weighted by molar-refractivity contribution is 6.09. The summed E-state index contributed by atoms with van der Waals surface area (Å²) in [5.74, 6) is 1.71. The number of hydrogen-bond donors (Lipinski definition) is 0. The number of fused-ring (bicyclic) bond motifs is 6. The molecule has 10 rings (SSSR count). The summed E-state index contributed by atoms with van der Waals surface area (Å²) < 4.78 is 8.35. The largest absolute Gasteiger partial charge is 0.456 e. The van der Waals surface area contributed by atoms with E-state index in [0.717, 1.165) is 66.0 Å². The summed E-state index contributed by atoms with van der Waals surface area (Å²) in [4.78, 5) is 19.6. The molecule has 4 heterocycles. The van der Waals surface area contributed by atoms with Crippen LogP contribution in [-0.4, -0.2) is 24.5 Å². The van der Waals surface area contributed by atoms with Crippen molar-refractivity contribution in [3.63, 3.8) is 0 Å². The van der Waals surface area contributed by atoms with Crippen molar-refractivity contribution in [1.29, 1.82) is 0 Å². The topological polar surface area (TPSA) is 69.6 Å². The van der Waals surface area contributed by atoms with Gasteiger partial charge in [0.05, 0.1) is 11.0 Å². The van der Waals surface area contributed by atoms with E-state index in [1.165, 1.54) is 11.1 Å². The predicted molar refractivity (Wildman–Crippen MR) is 201 cm³/mol. The molecule has 0 amide bonds. The van der Waals surface area contributed by atoms with Gasteiger partial charge in [-0.3, -0.25) is 9.55 Å². The standard InChI is InChI=1S/C44H27N5O/c1-2-8-28(9-3-1)29-14-16-30(17-15-29)31-18-20-32(21-19-31)42-46-43(33-22-23-36-37-27-45-25-24-40(37)50-41(36)26-33)48-44(47-42)49-38-12-6-4-10-34(38)35-11-5-7-13-39(35)49/h1-27H. The van der Waals surface area contributed by atoms with Crippen molar-refractivity contribution in [1.82, 2.24) is 24.5 Å². The molecule has 0 saturated carbocycles. The van der Waals surface area contributed by atoms with E-state index < -0.39 is 0 Å². The van der Waals surface area contributed by atoms with Crippen LogP contribution in [-0.2, 0) is 0 Å². The first-order valence-electron chi connectivity index (χ1n) is 16.5. The van der Waals surface area contributed by atoms with Crippen molar-refractivity contribution in [3.8, 4) is 51.0 Å². The van der Waals surface area contributed by atoms with Gasteiger partial charge in [-0.05, 0) is 52.6 Å². The maximum atomic E-state index is 6.22. The zero-order valence-corrected chi connectivity index (χ0v) is 26.7. The Labute approximate surface area is 287 Å². The SMILES string of the molecule is c1ccc(-c2ccc(-c3ccc(-c4nc(-c5ccc6c(c5)oc5ccncc56)nc(-n5c6ccccc6c6ccccc65)n4)cc3)cc2)cc1. The lowest BCUT2D eigenvalue weighted by Crippen LogP contribution is -2.06. The molecule has 0 aliphatic carbocycles. The number of pyridine rings is 1. The van der Waals surface area contributed by atoms with Crippen LogP contribution in [0.5, 0.6) is 0 Å². The fraction of sp³-hybridized carbons (Fsp3) is 0. The maximum Gasteiger partial charge on any atom is 0.238 e. The third kappa shape index (κ3) is 4.65. The second-order valence-corrected chi connectivity index (χ2v) is 12.4. The zero-order chi connectivity index (χ0) is 33.0. The van der Waals surface area contributed by atoms with Gasteiger partial charge in [-0.2, -0.15) is 9.97 Å². The van der Waals surface area contributed by atoms with Crippen molar-refractivity contribution in [2.45, 2.75) is 0 Å². The molecule has 0 saturated heterocycles. The third-order valence-electron chi connectivity index (χ3n) is 9.40. The number of rotatable bonds is 5. The van der Waals surface area contributed by atoms with Crippen LogP contribution >= 0.6 is 0 Å². The summed E-state index contributed by atoms with van der Waals surface area (Å²) in [5, 5.41) is 4.27. The fourth-order valence-electron chi connectivity index (χ4n) is 6.92. The van der Waals surface area contributed by atoms with Crippen LogP contribution in [0.3, 0.4) is 0 Å². The van der Waals surface area contributed by atoms with E-state index in [9.17, 15) is 0 Å². The molecule has 0 atom stereocenters. The molecule has 10 aromatic rings. The highest BCUT2D eigenvalue weighted by Crippen LogP contribution is 2.35. The van der Waals surface area contributed by atoms with Gasteiger partial charge in [0.15, 0.2) is 11.6 Å². The van der Waals surface area contributed by atoms with Crippen LogP contribution in [0, 0.1) is 0 Å². The van der Waals surface area contributed by atoms with Crippen molar-refractivity contribution in [3.05, 3.63) is 164 Å². The minimum atomic E-state index is 0.553. The fourth-order valence-corrected chi connectivity index (χ4v) is 6.92. The Morgan fingerprint density at radius 1 is 0.400 bits per heavy atom. The summed E-state index contributed by atoms with van der Waals surface area (Å²) in [6.45, 7) is 0. The molecule has 4 aromatic heterocycles. The maximum absolute atomic E-state index is 6.22. The van der Waals surface area contributed by atoms with Gasteiger partial charge in [0, 0.05) is 45.1 Å². The average molecular weight is 642 g/mol. The van der Waals surface area contributed by atoms with E-state index in [-0.39, 0.29) is 0 Å². The van der Waals surface area contributed by atoms with Crippen LogP contribution < -0.4 is 0 Å². The van der Waals surface area contributed by atoms with Crippen LogP contribution in [0.15, 0.2) is 168 Å². The van der Waals surface area contributed by atoms with Gasteiger partial charge in [0.1, 0.15) is 11.2 Å². The molecule has 234 valence electrons. The van der Waals surface area contributed by atoms with Gasteiger partial charge < -0.3 is 4.42 Å². The molecule has 0 bridgehead atoms. The van der Waals surface area contributed by atoms with Crippen molar-refractivity contribution < 1.29 is 4.42 Å². The highest BCUT2D eigenvalue weighted by atomic mass is 16.3. The molecule has 6 nitrogen and oxygen atoms in total. The van der Waals surface area contributed by atoms with Crippen molar-refractivity contribution >= 4 is 43.7 Å². The molecular weight excluding hydrogens is 615 g/mol. The van der Waals surface area contributed by atoms with Gasteiger partial charge >= 0.3 is 0 Å². The second-order valence-electron chi connectivity index (χ2n) is 12.4. The first-order valence-corrected chi connectivity index (χ1v) is 16.5. The van der Waals surface area contributed by atoms with E-state index in [0.29, 0.717) is 17.6 Å². The summed E-state index contributed by atoms with van der Waals surface area (Å²) in [7, 11) is 0. The number of aromatic nitrogens is 5. The number of para-hydroxylation sites is 2. The molecular formula is C44H27N5O. The molecule has 0 spiro atoms. The summed E-state index contributed by atoms with van der Waals surface area (Å²) in [6.07, 6.45) is 3.58. The molecule has 0 aliphatic rings. The highest BCUT2D eigenvalue weighted by Gasteiger charge is 2.18. The summed E-state index contributed by atoms with van der Waals surface area (Å²) >= 11 is 0. The number of furan rings is 1. The Hall–Kier alpha value is -6.92. The normalized spacial score (nSPS) is 11.6. The lowest BCUT2D eigenvalue weighted by atomic mass is 9.99. The Morgan fingerprint density at radius 3 is 1.60 bits per heavy atom. The molecule has 0 N–H and O–H groups in total. The molecule has 0 unspecified atom stereocenters. The minimum Gasteiger partial charge on any atom is -0.456 e. The molecule has 6 aromatic carbocycles. The van der Waals surface area contributed by atoms with Gasteiger partial charge in [-0.1, -0.05) is 121 Å². The van der Waals surface area contributed by atoms with Gasteiger partial charge in [0.25, 0.3) is 0 Å². The Bertz CT molecular complexity index is 2800. The van der Waals surface area contributed by atoms with E-state index in [4.69, 9.17) is 19.4 Å². The molecule has 0 radical (unpaired) electrons. The second kappa shape index (κ2) is 11.4. The van der Waals surface area contributed by atoms with Crippen LogP contribution in [0.2, 0.25) is 0 Å². The Kier molecular flexibility index (Phi) is 6.39. The van der Waals surface area contributed by atoms with Gasteiger partial charge in [-0.25, -0.2) is 4.98 Å². The van der Waals surface area contributed by atoms with Gasteiger partial charge in [0.2, 0.25) is 5.95 Å². The first kappa shape index (κ1) is 28.1. The van der Waals surface area contributed by atoms with E-state index in [1.807, 2.05) is 30.5 Å². The predicted octanol–water partition coefficient (Wildman–Crippen LogP) is 10.9. The number of benzene rings is 6. The van der Waals surface area contributed by atoms with Crippen LogP contribution in [0.4, 0.5) is 0 Å². The van der Waals surface area contributed by atoms with Crippen LogP contribution in [0.1, 0.15) is 0 Å². The smallest absolute Gasteiger partial charge is 0.238 e. The quantitative estimate of drug-likeness (QED) is 0.187. The average Bonchev–Trinajstić information content (AvgIpc) is 3.74. The van der Waals surface area contributed by atoms with Crippen molar-refractivity contribution in [2.24, 2.45) is 0 Å². The third-order valence-corrected chi connectivity index (χ3v) is 9.40. The lowest BCUT2D eigenvalue weighted by Gasteiger charge is -2.11.